The quantitative estimate of drug-likeness (QED) is 0.639. The van der Waals surface area contributed by atoms with Crippen LogP contribution in [0.1, 0.15) is 16.8 Å². The molecular weight excluding hydrogens is 310 g/mol. The number of ether oxygens (including phenoxy) is 1. The number of rotatable bonds is 3. The SMILES string of the molecule is O=C(OCc1ccccc1)N1CCc2cc([N+](=O)[O-])cnc2CC1. The highest BCUT2D eigenvalue weighted by Gasteiger charge is 2.22. The molecule has 0 saturated heterocycles. The zero-order valence-electron chi connectivity index (χ0n) is 13.1. The average molecular weight is 327 g/mol. The highest BCUT2D eigenvalue weighted by Crippen LogP contribution is 2.19. The summed E-state index contributed by atoms with van der Waals surface area (Å²) in [5, 5.41) is 10.8. The van der Waals surface area contributed by atoms with Crippen LogP contribution >= 0.6 is 0 Å². The van der Waals surface area contributed by atoms with Crippen molar-refractivity contribution in [3.8, 4) is 0 Å². The van der Waals surface area contributed by atoms with E-state index in [0.717, 1.165) is 16.8 Å². The van der Waals surface area contributed by atoms with Crippen molar-refractivity contribution < 1.29 is 14.5 Å². The van der Waals surface area contributed by atoms with E-state index in [1.807, 2.05) is 30.3 Å². The molecule has 3 rings (SSSR count). The lowest BCUT2D eigenvalue weighted by Gasteiger charge is -2.19. The van der Waals surface area contributed by atoms with Crippen LogP contribution in [-0.4, -0.2) is 34.0 Å². The van der Waals surface area contributed by atoms with Gasteiger partial charge in [0.2, 0.25) is 0 Å². The van der Waals surface area contributed by atoms with Crippen LogP contribution in [0, 0.1) is 10.1 Å². The number of hydrogen-bond donors (Lipinski definition) is 0. The molecule has 2 aromatic rings. The van der Waals surface area contributed by atoms with E-state index in [0.29, 0.717) is 25.9 Å². The Bertz CT molecular complexity index is 749. The number of benzene rings is 1. The average Bonchev–Trinajstić information content (AvgIpc) is 2.82. The van der Waals surface area contributed by atoms with Gasteiger partial charge >= 0.3 is 6.09 Å². The molecule has 2 heterocycles. The molecule has 0 bridgehead atoms. The Morgan fingerprint density at radius 1 is 1.25 bits per heavy atom. The van der Waals surface area contributed by atoms with Crippen molar-refractivity contribution in [3.05, 3.63) is 69.5 Å². The third-order valence-electron chi connectivity index (χ3n) is 3.99. The molecule has 1 aromatic carbocycles. The molecule has 7 nitrogen and oxygen atoms in total. The van der Waals surface area contributed by atoms with Crippen molar-refractivity contribution in [2.24, 2.45) is 0 Å². The Morgan fingerprint density at radius 2 is 2.00 bits per heavy atom. The van der Waals surface area contributed by atoms with Crippen molar-refractivity contribution in [1.82, 2.24) is 9.88 Å². The largest absolute Gasteiger partial charge is 0.445 e. The van der Waals surface area contributed by atoms with Gasteiger partial charge in [0.1, 0.15) is 12.8 Å². The molecule has 1 aliphatic heterocycles. The van der Waals surface area contributed by atoms with Gasteiger partial charge in [-0.2, -0.15) is 0 Å². The summed E-state index contributed by atoms with van der Waals surface area (Å²) in [6.07, 6.45) is 1.99. The zero-order chi connectivity index (χ0) is 16.9. The fourth-order valence-corrected chi connectivity index (χ4v) is 2.67. The number of amides is 1. The summed E-state index contributed by atoms with van der Waals surface area (Å²) in [5.74, 6) is 0. The number of carbonyl (C=O) groups excluding carboxylic acids is 1. The summed E-state index contributed by atoms with van der Waals surface area (Å²) in [6, 6.07) is 11.0. The first-order valence-electron chi connectivity index (χ1n) is 7.71. The molecule has 1 aliphatic rings. The Labute approximate surface area is 139 Å². The second-order valence-corrected chi connectivity index (χ2v) is 5.58. The van der Waals surface area contributed by atoms with E-state index in [9.17, 15) is 14.9 Å². The standard InChI is InChI=1S/C17H17N3O4/c21-17(24-12-13-4-2-1-3-5-13)19-8-6-14-10-15(20(22)23)11-18-16(14)7-9-19/h1-5,10-11H,6-9,12H2. The first kappa shape index (κ1) is 15.9. The van der Waals surface area contributed by atoms with Crippen LogP contribution in [-0.2, 0) is 24.2 Å². The molecular formula is C17H17N3O4. The maximum Gasteiger partial charge on any atom is 0.410 e. The van der Waals surface area contributed by atoms with E-state index >= 15 is 0 Å². The van der Waals surface area contributed by atoms with E-state index in [1.165, 1.54) is 6.20 Å². The van der Waals surface area contributed by atoms with Gasteiger partial charge in [0, 0.05) is 31.3 Å². The van der Waals surface area contributed by atoms with Crippen LogP contribution in [0.15, 0.2) is 42.6 Å². The predicted molar refractivity (Wildman–Crippen MR) is 86.5 cm³/mol. The number of aromatic nitrogens is 1. The molecule has 24 heavy (non-hydrogen) atoms. The third kappa shape index (κ3) is 3.68. The van der Waals surface area contributed by atoms with Gasteiger partial charge < -0.3 is 9.64 Å². The molecule has 0 saturated carbocycles. The Balaban J connectivity index is 1.61. The lowest BCUT2D eigenvalue weighted by atomic mass is 10.1. The lowest BCUT2D eigenvalue weighted by molar-refractivity contribution is -0.385. The van der Waals surface area contributed by atoms with Crippen LogP contribution in [0.25, 0.3) is 0 Å². The smallest absolute Gasteiger partial charge is 0.410 e. The topological polar surface area (TPSA) is 85.6 Å². The van der Waals surface area contributed by atoms with E-state index in [4.69, 9.17) is 4.74 Å². The van der Waals surface area contributed by atoms with Crippen LogP contribution in [0.4, 0.5) is 10.5 Å². The van der Waals surface area contributed by atoms with Gasteiger partial charge in [-0.25, -0.2) is 4.79 Å². The molecule has 0 unspecified atom stereocenters. The molecule has 0 aliphatic carbocycles. The van der Waals surface area contributed by atoms with E-state index in [-0.39, 0.29) is 18.4 Å². The van der Waals surface area contributed by atoms with Crippen LogP contribution < -0.4 is 0 Å². The Hall–Kier alpha value is -2.96. The summed E-state index contributed by atoms with van der Waals surface area (Å²) >= 11 is 0. The molecule has 1 aromatic heterocycles. The normalized spacial score (nSPS) is 13.8. The zero-order valence-corrected chi connectivity index (χ0v) is 13.1. The van der Waals surface area contributed by atoms with Crippen molar-refractivity contribution in [1.29, 1.82) is 0 Å². The monoisotopic (exact) mass is 327 g/mol. The molecule has 0 fully saturated rings. The minimum Gasteiger partial charge on any atom is -0.445 e. The molecule has 0 spiro atoms. The van der Waals surface area contributed by atoms with E-state index in [2.05, 4.69) is 4.98 Å². The third-order valence-corrected chi connectivity index (χ3v) is 3.99. The number of fused-ring (bicyclic) bond motifs is 1. The van der Waals surface area contributed by atoms with E-state index < -0.39 is 4.92 Å². The van der Waals surface area contributed by atoms with Gasteiger partial charge in [0.25, 0.3) is 5.69 Å². The first-order valence-corrected chi connectivity index (χ1v) is 7.71. The van der Waals surface area contributed by atoms with Gasteiger partial charge in [-0.15, -0.1) is 0 Å². The number of nitrogens with zero attached hydrogens (tertiary/aromatic N) is 3. The summed E-state index contributed by atoms with van der Waals surface area (Å²) in [6.45, 7) is 1.18. The summed E-state index contributed by atoms with van der Waals surface area (Å²) < 4.78 is 5.34. The molecule has 124 valence electrons. The Kier molecular flexibility index (Phi) is 4.69. The lowest BCUT2D eigenvalue weighted by Crippen LogP contribution is -2.33. The number of pyridine rings is 1. The summed E-state index contributed by atoms with van der Waals surface area (Å²) in [5.41, 5.74) is 2.54. The van der Waals surface area contributed by atoms with Gasteiger partial charge in [-0.05, 0) is 17.5 Å². The second kappa shape index (κ2) is 7.08. The van der Waals surface area contributed by atoms with Crippen LogP contribution in [0.5, 0.6) is 0 Å². The molecule has 7 heteroatoms. The van der Waals surface area contributed by atoms with Crippen molar-refractivity contribution in [2.45, 2.75) is 19.4 Å². The fourth-order valence-electron chi connectivity index (χ4n) is 2.67. The van der Waals surface area contributed by atoms with Crippen molar-refractivity contribution in [2.75, 3.05) is 13.1 Å². The number of nitro groups is 1. The van der Waals surface area contributed by atoms with Gasteiger partial charge in [0.15, 0.2) is 0 Å². The van der Waals surface area contributed by atoms with Crippen LogP contribution in [0.2, 0.25) is 0 Å². The Morgan fingerprint density at radius 3 is 2.75 bits per heavy atom. The van der Waals surface area contributed by atoms with E-state index in [1.54, 1.807) is 11.0 Å². The summed E-state index contributed by atoms with van der Waals surface area (Å²) in [4.78, 5) is 28.4. The van der Waals surface area contributed by atoms with Gasteiger partial charge in [-0.1, -0.05) is 30.3 Å². The predicted octanol–water partition coefficient (Wildman–Crippen LogP) is 2.73. The maximum absolute atomic E-state index is 12.2. The minimum absolute atomic E-state index is 0.0196. The maximum atomic E-state index is 12.2. The second-order valence-electron chi connectivity index (χ2n) is 5.58. The first-order chi connectivity index (χ1) is 11.6. The molecule has 0 N–H and O–H groups in total. The summed E-state index contributed by atoms with van der Waals surface area (Å²) in [7, 11) is 0. The number of carbonyl (C=O) groups is 1. The fraction of sp³-hybridized carbons (Fsp3) is 0.294. The molecule has 0 atom stereocenters. The highest BCUT2D eigenvalue weighted by molar-refractivity contribution is 5.67. The van der Waals surface area contributed by atoms with Crippen LogP contribution in [0.3, 0.4) is 0 Å². The van der Waals surface area contributed by atoms with Gasteiger partial charge in [0.05, 0.1) is 4.92 Å². The highest BCUT2D eigenvalue weighted by atomic mass is 16.6. The van der Waals surface area contributed by atoms with Crippen molar-refractivity contribution in [3.63, 3.8) is 0 Å². The van der Waals surface area contributed by atoms with Crippen molar-refractivity contribution >= 4 is 11.8 Å². The number of hydrogen-bond acceptors (Lipinski definition) is 5. The minimum atomic E-state index is -0.454. The molecule has 0 radical (unpaired) electrons. The molecule has 1 amide bonds. The van der Waals surface area contributed by atoms with Gasteiger partial charge in [-0.3, -0.25) is 15.1 Å².